The Hall–Kier alpha value is -1.30. The first-order valence-electron chi connectivity index (χ1n) is 7.85. The number of hydrogen-bond donors (Lipinski definition) is 3. The Bertz CT molecular complexity index is 372. The normalized spacial score (nSPS) is 33.2. The summed E-state index contributed by atoms with van der Waals surface area (Å²) in [5.41, 5.74) is -0.275. The van der Waals surface area contributed by atoms with Crippen LogP contribution < -0.4 is 10.6 Å². The Morgan fingerprint density at radius 3 is 2.57 bits per heavy atom. The molecule has 1 saturated heterocycles. The van der Waals surface area contributed by atoms with Crippen LogP contribution in [0.15, 0.2) is 0 Å². The molecule has 0 bridgehead atoms. The van der Waals surface area contributed by atoms with E-state index in [9.17, 15) is 9.59 Å². The second kappa shape index (κ2) is 7.11. The molecular formula is C15H26N2O4. The van der Waals surface area contributed by atoms with Gasteiger partial charge in [-0.3, -0.25) is 4.79 Å². The van der Waals surface area contributed by atoms with Crippen LogP contribution in [0.2, 0.25) is 0 Å². The van der Waals surface area contributed by atoms with Crippen molar-refractivity contribution in [3.8, 4) is 0 Å². The maximum atomic E-state index is 12.0. The van der Waals surface area contributed by atoms with E-state index < -0.39 is 5.97 Å². The molecular weight excluding hydrogens is 272 g/mol. The van der Waals surface area contributed by atoms with Crippen LogP contribution in [-0.4, -0.2) is 42.4 Å². The van der Waals surface area contributed by atoms with E-state index in [2.05, 4.69) is 10.6 Å². The van der Waals surface area contributed by atoms with E-state index in [1.54, 1.807) is 0 Å². The highest BCUT2D eigenvalue weighted by Crippen LogP contribution is 2.28. The molecule has 3 N–H and O–H groups in total. The highest BCUT2D eigenvalue weighted by Gasteiger charge is 2.30. The summed E-state index contributed by atoms with van der Waals surface area (Å²) in [4.78, 5) is 22.9. The van der Waals surface area contributed by atoms with Gasteiger partial charge in [0.1, 0.15) is 0 Å². The standard InChI is InChI=1S/C15H26N2O4/c1-15(7-2-8-21-10-15)17-14(20)16-9-11-3-5-12(6-4-11)13(18)19/h11-12H,2-10H2,1H3,(H,18,19)(H2,16,17,20). The van der Waals surface area contributed by atoms with E-state index in [0.29, 0.717) is 19.1 Å². The minimum absolute atomic E-state index is 0.150. The molecule has 1 aliphatic carbocycles. The largest absolute Gasteiger partial charge is 0.481 e. The summed E-state index contributed by atoms with van der Waals surface area (Å²) in [5, 5.41) is 14.9. The van der Waals surface area contributed by atoms with E-state index in [0.717, 1.165) is 45.1 Å². The van der Waals surface area contributed by atoms with E-state index >= 15 is 0 Å². The maximum Gasteiger partial charge on any atom is 0.315 e. The van der Waals surface area contributed by atoms with Gasteiger partial charge in [0.15, 0.2) is 0 Å². The molecule has 6 nitrogen and oxygen atoms in total. The monoisotopic (exact) mass is 298 g/mol. The number of hydrogen-bond acceptors (Lipinski definition) is 3. The van der Waals surface area contributed by atoms with Crippen LogP contribution in [0.5, 0.6) is 0 Å². The lowest BCUT2D eigenvalue weighted by Gasteiger charge is -2.34. The molecule has 0 spiro atoms. The van der Waals surface area contributed by atoms with Gasteiger partial charge in [-0.2, -0.15) is 0 Å². The fourth-order valence-corrected chi connectivity index (χ4v) is 3.20. The summed E-state index contributed by atoms with van der Waals surface area (Å²) in [5.74, 6) is -0.500. The molecule has 2 amide bonds. The average molecular weight is 298 g/mol. The van der Waals surface area contributed by atoms with Crippen molar-refractivity contribution < 1.29 is 19.4 Å². The van der Waals surface area contributed by atoms with Crippen molar-refractivity contribution in [1.82, 2.24) is 10.6 Å². The summed E-state index contributed by atoms with van der Waals surface area (Å²) < 4.78 is 5.42. The van der Waals surface area contributed by atoms with E-state index in [-0.39, 0.29) is 17.5 Å². The summed E-state index contributed by atoms with van der Waals surface area (Å²) in [6, 6.07) is -0.150. The zero-order valence-corrected chi connectivity index (χ0v) is 12.7. The Kier molecular flexibility index (Phi) is 5.45. The quantitative estimate of drug-likeness (QED) is 0.738. The van der Waals surface area contributed by atoms with Gasteiger partial charge in [0.2, 0.25) is 0 Å². The number of ether oxygens (including phenoxy) is 1. The lowest BCUT2D eigenvalue weighted by atomic mass is 9.82. The van der Waals surface area contributed by atoms with E-state index in [4.69, 9.17) is 9.84 Å². The van der Waals surface area contributed by atoms with Crippen LogP contribution in [0, 0.1) is 11.8 Å². The topological polar surface area (TPSA) is 87.7 Å². The highest BCUT2D eigenvalue weighted by atomic mass is 16.5. The molecule has 2 fully saturated rings. The Balaban J connectivity index is 1.66. The summed E-state index contributed by atoms with van der Waals surface area (Å²) in [6.07, 6.45) is 5.08. The fourth-order valence-electron chi connectivity index (χ4n) is 3.20. The summed E-state index contributed by atoms with van der Waals surface area (Å²) in [6.45, 7) is 3.95. The third kappa shape index (κ3) is 4.88. The smallest absolute Gasteiger partial charge is 0.315 e. The van der Waals surface area contributed by atoms with Gasteiger partial charge in [-0.05, 0) is 51.4 Å². The van der Waals surface area contributed by atoms with Gasteiger partial charge in [-0.25, -0.2) is 4.79 Å². The van der Waals surface area contributed by atoms with Gasteiger partial charge < -0.3 is 20.5 Å². The zero-order chi connectivity index (χ0) is 15.3. The van der Waals surface area contributed by atoms with Crippen LogP contribution in [0.25, 0.3) is 0 Å². The molecule has 1 heterocycles. The second-order valence-electron chi connectivity index (χ2n) is 6.61. The fraction of sp³-hybridized carbons (Fsp3) is 0.867. The minimum atomic E-state index is -0.690. The predicted octanol–water partition coefficient (Wildman–Crippen LogP) is 1.75. The highest BCUT2D eigenvalue weighted by molar-refractivity contribution is 5.74. The van der Waals surface area contributed by atoms with Crippen molar-refractivity contribution in [3.63, 3.8) is 0 Å². The molecule has 2 rings (SSSR count). The van der Waals surface area contributed by atoms with E-state index in [1.165, 1.54) is 0 Å². The summed E-state index contributed by atoms with van der Waals surface area (Å²) >= 11 is 0. The van der Waals surface area contributed by atoms with Crippen LogP contribution in [0.1, 0.15) is 45.4 Å². The summed E-state index contributed by atoms with van der Waals surface area (Å²) in [7, 11) is 0. The Labute approximate surface area is 125 Å². The number of urea groups is 1. The van der Waals surface area contributed by atoms with Crippen molar-refractivity contribution in [3.05, 3.63) is 0 Å². The van der Waals surface area contributed by atoms with Gasteiger partial charge in [0.25, 0.3) is 0 Å². The number of nitrogens with one attached hydrogen (secondary N) is 2. The maximum absolute atomic E-state index is 12.0. The molecule has 1 aliphatic heterocycles. The number of rotatable bonds is 4. The van der Waals surface area contributed by atoms with Crippen molar-refractivity contribution in [1.29, 1.82) is 0 Å². The molecule has 0 radical (unpaired) electrons. The molecule has 0 aromatic rings. The van der Waals surface area contributed by atoms with Gasteiger partial charge in [-0.1, -0.05) is 0 Å². The number of carboxylic acid groups (broad SMARTS) is 1. The zero-order valence-electron chi connectivity index (χ0n) is 12.7. The van der Waals surface area contributed by atoms with Gasteiger partial charge in [-0.15, -0.1) is 0 Å². The van der Waals surface area contributed by atoms with Gasteiger partial charge in [0, 0.05) is 13.2 Å². The molecule has 0 aromatic heterocycles. The number of carboxylic acids is 1. The molecule has 120 valence electrons. The number of aliphatic carboxylic acids is 1. The molecule has 1 unspecified atom stereocenters. The molecule has 1 atom stereocenters. The lowest BCUT2D eigenvalue weighted by molar-refractivity contribution is -0.143. The molecule has 0 aromatic carbocycles. The van der Waals surface area contributed by atoms with Crippen LogP contribution in [0.3, 0.4) is 0 Å². The first-order valence-corrected chi connectivity index (χ1v) is 7.85. The van der Waals surface area contributed by atoms with Gasteiger partial charge in [0.05, 0.1) is 18.1 Å². The minimum Gasteiger partial charge on any atom is -0.481 e. The number of amides is 2. The second-order valence-corrected chi connectivity index (χ2v) is 6.61. The van der Waals surface area contributed by atoms with Crippen molar-refractivity contribution in [2.75, 3.05) is 19.8 Å². The lowest BCUT2D eigenvalue weighted by Crippen LogP contribution is -2.55. The Morgan fingerprint density at radius 2 is 2.00 bits per heavy atom. The van der Waals surface area contributed by atoms with Crippen LogP contribution >= 0.6 is 0 Å². The predicted molar refractivity (Wildman–Crippen MR) is 78.1 cm³/mol. The molecule has 2 aliphatic rings. The molecule has 21 heavy (non-hydrogen) atoms. The molecule has 1 saturated carbocycles. The van der Waals surface area contributed by atoms with Crippen molar-refractivity contribution in [2.24, 2.45) is 11.8 Å². The first-order chi connectivity index (χ1) is 9.98. The third-order valence-electron chi connectivity index (χ3n) is 4.60. The molecule has 6 heteroatoms. The first kappa shape index (κ1) is 16.1. The van der Waals surface area contributed by atoms with Crippen molar-refractivity contribution in [2.45, 2.75) is 51.0 Å². The number of carbonyl (C=O) groups is 2. The van der Waals surface area contributed by atoms with Gasteiger partial charge >= 0.3 is 12.0 Å². The van der Waals surface area contributed by atoms with Crippen LogP contribution in [0.4, 0.5) is 4.79 Å². The Morgan fingerprint density at radius 1 is 1.29 bits per heavy atom. The van der Waals surface area contributed by atoms with Crippen LogP contribution in [-0.2, 0) is 9.53 Å². The third-order valence-corrected chi connectivity index (χ3v) is 4.60. The number of carbonyl (C=O) groups excluding carboxylic acids is 1. The SMILES string of the molecule is CC1(NC(=O)NCC2CCC(C(=O)O)CC2)CCCOC1. The van der Waals surface area contributed by atoms with E-state index in [1.807, 2.05) is 6.92 Å². The average Bonchev–Trinajstić information content (AvgIpc) is 2.46. The van der Waals surface area contributed by atoms with Crippen molar-refractivity contribution >= 4 is 12.0 Å².